The van der Waals surface area contributed by atoms with Crippen molar-refractivity contribution < 1.29 is 4.39 Å². The van der Waals surface area contributed by atoms with Gasteiger partial charge in [-0.3, -0.25) is 0 Å². The van der Waals surface area contributed by atoms with Crippen LogP contribution < -0.4 is 5.32 Å². The molecule has 0 aliphatic heterocycles. The Morgan fingerprint density at radius 2 is 1.89 bits per heavy atom. The first-order chi connectivity index (χ1) is 8.58. The van der Waals surface area contributed by atoms with Crippen molar-refractivity contribution in [2.24, 2.45) is 0 Å². The van der Waals surface area contributed by atoms with E-state index in [1.807, 2.05) is 25.1 Å². The van der Waals surface area contributed by atoms with Gasteiger partial charge in [0.1, 0.15) is 5.82 Å². The second-order valence-corrected chi connectivity index (χ2v) is 4.83. The largest absolute Gasteiger partial charge is 0.381 e. The zero-order chi connectivity index (χ0) is 13.1. The minimum Gasteiger partial charge on any atom is -0.381 e. The minimum absolute atomic E-state index is 0.136. The summed E-state index contributed by atoms with van der Waals surface area (Å²) in [6.07, 6.45) is 0. The first kappa shape index (κ1) is 13.2. The van der Waals surface area contributed by atoms with Crippen molar-refractivity contribution in [2.75, 3.05) is 5.32 Å². The zero-order valence-electron chi connectivity index (χ0n) is 9.81. The van der Waals surface area contributed by atoms with Crippen LogP contribution in [0.2, 0.25) is 10.0 Å². The molecule has 2 aromatic rings. The van der Waals surface area contributed by atoms with Crippen molar-refractivity contribution in [3.05, 3.63) is 63.4 Å². The maximum absolute atomic E-state index is 13.0. The molecule has 94 valence electrons. The molecule has 0 spiro atoms. The molecule has 2 aromatic carbocycles. The first-order valence-corrected chi connectivity index (χ1v) is 6.26. The molecule has 0 aromatic heterocycles. The molecule has 0 heterocycles. The molecule has 4 heteroatoms. The quantitative estimate of drug-likeness (QED) is 0.831. The minimum atomic E-state index is -0.403. The molecular formula is C14H12Cl2FN. The molecule has 0 amide bonds. The summed E-state index contributed by atoms with van der Waals surface area (Å²) in [5, 5.41) is 4.11. The SMILES string of the molecule is Cc1c(Cl)cccc1NCc1ccc(F)c(Cl)c1. The number of rotatable bonds is 3. The van der Waals surface area contributed by atoms with Crippen LogP contribution in [0.25, 0.3) is 0 Å². The van der Waals surface area contributed by atoms with Gasteiger partial charge in [0.25, 0.3) is 0 Å². The van der Waals surface area contributed by atoms with E-state index in [-0.39, 0.29) is 5.02 Å². The molecule has 0 aliphatic rings. The summed E-state index contributed by atoms with van der Waals surface area (Å²) < 4.78 is 13.0. The number of hydrogen-bond donors (Lipinski definition) is 1. The number of anilines is 1. The summed E-state index contributed by atoms with van der Waals surface area (Å²) in [4.78, 5) is 0. The number of halogens is 3. The van der Waals surface area contributed by atoms with Crippen LogP contribution in [0.1, 0.15) is 11.1 Å². The van der Waals surface area contributed by atoms with Crippen LogP contribution in [-0.4, -0.2) is 0 Å². The van der Waals surface area contributed by atoms with Crippen LogP contribution in [0.5, 0.6) is 0 Å². The third-order valence-corrected chi connectivity index (χ3v) is 3.43. The van der Waals surface area contributed by atoms with E-state index in [4.69, 9.17) is 23.2 Å². The average molecular weight is 284 g/mol. The molecular weight excluding hydrogens is 272 g/mol. The second kappa shape index (κ2) is 5.59. The maximum Gasteiger partial charge on any atom is 0.141 e. The standard InChI is InChI=1S/C14H12Cl2FN/c1-9-11(15)3-2-4-14(9)18-8-10-5-6-13(17)12(16)7-10/h2-7,18H,8H2,1H3. The normalized spacial score (nSPS) is 10.4. The van der Waals surface area contributed by atoms with E-state index in [1.165, 1.54) is 6.07 Å². The zero-order valence-corrected chi connectivity index (χ0v) is 11.3. The van der Waals surface area contributed by atoms with Crippen molar-refractivity contribution in [3.63, 3.8) is 0 Å². The van der Waals surface area contributed by atoms with Gasteiger partial charge in [0.15, 0.2) is 0 Å². The lowest BCUT2D eigenvalue weighted by atomic mass is 10.1. The van der Waals surface area contributed by atoms with Crippen LogP contribution in [0.4, 0.5) is 10.1 Å². The monoisotopic (exact) mass is 283 g/mol. The first-order valence-electron chi connectivity index (χ1n) is 5.51. The summed E-state index contributed by atoms with van der Waals surface area (Å²) in [7, 11) is 0. The van der Waals surface area contributed by atoms with Crippen LogP contribution in [0.3, 0.4) is 0 Å². The van der Waals surface area contributed by atoms with Crippen molar-refractivity contribution in [1.82, 2.24) is 0 Å². The predicted molar refractivity (Wildman–Crippen MR) is 74.9 cm³/mol. The highest BCUT2D eigenvalue weighted by molar-refractivity contribution is 6.31. The molecule has 1 nitrogen and oxygen atoms in total. The summed E-state index contributed by atoms with van der Waals surface area (Å²) in [5.74, 6) is -0.403. The third-order valence-electron chi connectivity index (χ3n) is 2.73. The summed E-state index contributed by atoms with van der Waals surface area (Å²) in [6, 6.07) is 10.4. The summed E-state index contributed by atoms with van der Waals surface area (Å²) in [5.41, 5.74) is 2.87. The van der Waals surface area contributed by atoms with Crippen molar-refractivity contribution in [3.8, 4) is 0 Å². The van der Waals surface area contributed by atoms with Crippen molar-refractivity contribution in [2.45, 2.75) is 13.5 Å². The molecule has 1 N–H and O–H groups in total. The molecule has 0 saturated carbocycles. The number of hydrogen-bond acceptors (Lipinski definition) is 1. The molecule has 0 atom stereocenters. The Morgan fingerprint density at radius 1 is 1.11 bits per heavy atom. The van der Waals surface area contributed by atoms with Crippen LogP contribution >= 0.6 is 23.2 Å². The van der Waals surface area contributed by atoms with E-state index in [0.29, 0.717) is 6.54 Å². The lowest BCUT2D eigenvalue weighted by Crippen LogP contribution is -2.01. The Labute approximate surface area is 116 Å². The molecule has 0 bridgehead atoms. The lowest BCUT2D eigenvalue weighted by molar-refractivity contribution is 0.627. The van der Waals surface area contributed by atoms with Gasteiger partial charge in [-0.25, -0.2) is 4.39 Å². The van der Waals surface area contributed by atoms with Gasteiger partial charge in [-0.05, 0) is 42.3 Å². The Hall–Kier alpha value is -1.25. The van der Waals surface area contributed by atoms with Gasteiger partial charge in [0.2, 0.25) is 0 Å². The van der Waals surface area contributed by atoms with Gasteiger partial charge in [-0.1, -0.05) is 35.3 Å². The number of benzene rings is 2. The van der Waals surface area contributed by atoms with Gasteiger partial charge in [-0.15, -0.1) is 0 Å². The Morgan fingerprint density at radius 3 is 2.61 bits per heavy atom. The van der Waals surface area contributed by atoms with E-state index >= 15 is 0 Å². The molecule has 2 rings (SSSR count). The fourth-order valence-corrected chi connectivity index (χ4v) is 2.02. The Balaban J connectivity index is 2.11. The van der Waals surface area contributed by atoms with E-state index in [0.717, 1.165) is 21.8 Å². The maximum atomic E-state index is 13.0. The Kier molecular flexibility index (Phi) is 4.10. The molecule has 0 aliphatic carbocycles. The lowest BCUT2D eigenvalue weighted by Gasteiger charge is -2.11. The summed E-state index contributed by atoms with van der Waals surface area (Å²) >= 11 is 11.8. The van der Waals surface area contributed by atoms with E-state index in [9.17, 15) is 4.39 Å². The predicted octanol–water partition coefficient (Wildman–Crippen LogP) is 5.05. The third kappa shape index (κ3) is 2.95. The van der Waals surface area contributed by atoms with Crippen molar-refractivity contribution in [1.29, 1.82) is 0 Å². The van der Waals surface area contributed by atoms with E-state index < -0.39 is 5.82 Å². The summed E-state index contributed by atoms with van der Waals surface area (Å²) in [6.45, 7) is 2.52. The van der Waals surface area contributed by atoms with E-state index in [1.54, 1.807) is 12.1 Å². The average Bonchev–Trinajstić information content (AvgIpc) is 2.35. The highest BCUT2D eigenvalue weighted by Crippen LogP contribution is 2.24. The van der Waals surface area contributed by atoms with Gasteiger partial charge >= 0.3 is 0 Å². The fraction of sp³-hybridized carbons (Fsp3) is 0.143. The fourth-order valence-electron chi connectivity index (χ4n) is 1.65. The topological polar surface area (TPSA) is 12.0 Å². The molecule has 0 saturated heterocycles. The van der Waals surface area contributed by atoms with Crippen LogP contribution in [0, 0.1) is 12.7 Å². The van der Waals surface area contributed by atoms with Gasteiger partial charge in [0, 0.05) is 17.3 Å². The molecule has 0 radical (unpaired) electrons. The van der Waals surface area contributed by atoms with Crippen molar-refractivity contribution >= 4 is 28.9 Å². The van der Waals surface area contributed by atoms with E-state index in [2.05, 4.69) is 5.32 Å². The van der Waals surface area contributed by atoms with Gasteiger partial charge in [0.05, 0.1) is 5.02 Å². The molecule has 0 fully saturated rings. The second-order valence-electron chi connectivity index (χ2n) is 4.01. The highest BCUT2D eigenvalue weighted by Gasteiger charge is 2.03. The van der Waals surface area contributed by atoms with Gasteiger partial charge in [-0.2, -0.15) is 0 Å². The van der Waals surface area contributed by atoms with Gasteiger partial charge < -0.3 is 5.32 Å². The van der Waals surface area contributed by atoms with Crippen LogP contribution in [0.15, 0.2) is 36.4 Å². The molecule has 18 heavy (non-hydrogen) atoms. The van der Waals surface area contributed by atoms with Crippen LogP contribution in [-0.2, 0) is 6.54 Å². The number of nitrogens with one attached hydrogen (secondary N) is 1. The Bertz CT molecular complexity index is 570. The highest BCUT2D eigenvalue weighted by atomic mass is 35.5. The molecule has 0 unspecified atom stereocenters. The smallest absolute Gasteiger partial charge is 0.141 e.